The topological polar surface area (TPSA) is 142 Å². The number of rotatable bonds is 11. The standard InChI is InChI=1S/C10H23NO5.C4H9NO.2C2H6/c1-2-3-4-11-5-7(13)9(15)10(16)8(14)6-12;1-4(6)3-5-2;2*1-2/h7-16H,2-6H2,1H3;5H,3H2,1-2H3;2*1-2H3. The molecule has 0 fully saturated rings. The number of unbranched alkanes of at least 4 members (excludes halogenated alkanes) is 1. The number of likely N-dealkylation sites (N-methyl/N-ethyl adjacent to an activating group) is 1. The molecule has 162 valence electrons. The molecule has 0 aliphatic rings. The van der Waals surface area contributed by atoms with E-state index in [1.54, 1.807) is 14.0 Å². The average molecular weight is 385 g/mol. The molecule has 0 aliphatic heterocycles. The van der Waals surface area contributed by atoms with Crippen LogP contribution in [0.4, 0.5) is 0 Å². The SMILES string of the molecule is CC.CC.CCCCNCC(O)C(O)C(O)C(O)CO.CNCC(C)=O. The quantitative estimate of drug-likeness (QED) is 0.240. The van der Waals surface area contributed by atoms with Crippen LogP contribution in [0.2, 0.25) is 0 Å². The van der Waals surface area contributed by atoms with Crippen molar-refractivity contribution in [1.29, 1.82) is 0 Å². The summed E-state index contributed by atoms with van der Waals surface area (Å²) in [5.74, 6) is 0.178. The third-order valence-corrected chi connectivity index (χ3v) is 2.81. The number of carbonyl (C=O) groups is 1. The molecule has 0 heterocycles. The maximum Gasteiger partial charge on any atom is 0.143 e. The second kappa shape index (κ2) is 26.6. The fourth-order valence-corrected chi connectivity index (χ4v) is 1.48. The number of ketones is 1. The summed E-state index contributed by atoms with van der Waals surface area (Å²) in [6.07, 6.45) is -3.65. The molecule has 0 aromatic carbocycles. The number of Topliss-reactive ketones (excluding diaryl/α,β-unsaturated/α-hetero) is 1. The summed E-state index contributed by atoms with van der Waals surface area (Å²) in [5, 5.41) is 51.5. The van der Waals surface area contributed by atoms with Gasteiger partial charge in [0.15, 0.2) is 0 Å². The molecule has 0 rings (SSSR count). The fraction of sp³-hybridized carbons (Fsp3) is 0.944. The van der Waals surface area contributed by atoms with E-state index in [9.17, 15) is 20.1 Å². The molecule has 26 heavy (non-hydrogen) atoms. The molecule has 0 bridgehead atoms. The zero-order valence-corrected chi connectivity index (χ0v) is 17.7. The van der Waals surface area contributed by atoms with E-state index in [0.29, 0.717) is 6.54 Å². The molecule has 0 radical (unpaired) electrons. The first kappa shape index (κ1) is 33.0. The maximum atomic E-state index is 9.98. The molecule has 0 spiro atoms. The van der Waals surface area contributed by atoms with Crippen LogP contribution in [0.3, 0.4) is 0 Å². The number of hydrogen-bond donors (Lipinski definition) is 7. The summed E-state index contributed by atoms with van der Waals surface area (Å²) in [4.78, 5) is 9.98. The Labute approximate surface area is 159 Å². The highest BCUT2D eigenvalue weighted by Crippen LogP contribution is 2.04. The van der Waals surface area contributed by atoms with Crippen molar-refractivity contribution in [2.45, 2.75) is 78.8 Å². The van der Waals surface area contributed by atoms with Gasteiger partial charge in [-0.2, -0.15) is 0 Å². The number of aliphatic hydroxyl groups excluding tert-OH is 5. The van der Waals surface area contributed by atoms with Gasteiger partial charge in [0.2, 0.25) is 0 Å². The number of carbonyl (C=O) groups excluding carboxylic acids is 1. The summed E-state index contributed by atoms with van der Waals surface area (Å²) in [5.41, 5.74) is 0. The second-order valence-electron chi connectivity index (χ2n) is 5.09. The van der Waals surface area contributed by atoms with E-state index in [1.807, 2.05) is 34.6 Å². The van der Waals surface area contributed by atoms with Gasteiger partial charge in [-0.05, 0) is 26.9 Å². The van der Waals surface area contributed by atoms with Crippen LogP contribution in [0, 0.1) is 0 Å². The van der Waals surface area contributed by atoms with Gasteiger partial charge >= 0.3 is 0 Å². The van der Waals surface area contributed by atoms with Crippen LogP contribution in [0.1, 0.15) is 54.4 Å². The Morgan fingerprint density at radius 2 is 1.42 bits per heavy atom. The highest BCUT2D eigenvalue weighted by molar-refractivity contribution is 5.77. The fourth-order valence-electron chi connectivity index (χ4n) is 1.48. The van der Waals surface area contributed by atoms with Crippen LogP contribution < -0.4 is 10.6 Å². The van der Waals surface area contributed by atoms with Gasteiger partial charge in [0.05, 0.1) is 19.3 Å². The molecule has 0 saturated carbocycles. The molecule has 7 N–H and O–H groups in total. The highest BCUT2D eigenvalue weighted by Gasteiger charge is 2.29. The molecule has 0 amide bonds. The average Bonchev–Trinajstić information content (AvgIpc) is 2.66. The van der Waals surface area contributed by atoms with Crippen LogP contribution in [0.25, 0.3) is 0 Å². The molecular formula is C18H44N2O6. The van der Waals surface area contributed by atoms with Crippen molar-refractivity contribution in [1.82, 2.24) is 10.6 Å². The van der Waals surface area contributed by atoms with Gasteiger partial charge in [-0.15, -0.1) is 0 Å². The van der Waals surface area contributed by atoms with Crippen molar-refractivity contribution in [2.75, 3.05) is 33.3 Å². The van der Waals surface area contributed by atoms with E-state index in [-0.39, 0.29) is 12.3 Å². The normalized spacial score (nSPS) is 14.2. The highest BCUT2D eigenvalue weighted by atomic mass is 16.4. The van der Waals surface area contributed by atoms with Crippen molar-refractivity contribution in [2.24, 2.45) is 0 Å². The zero-order valence-electron chi connectivity index (χ0n) is 17.7. The largest absolute Gasteiger partial charge is 0.394 e. The van der Waals surface area contributed by atoms with E-state index in [1.165, 1.54) is 0 Å². The maximum absolute atomic E-state index is 9.98. The van der Waals surface area contributed by atoms with Crippen LogP contribution in [-0.2, 0) is 4.79 Å². The van der Waals surface area contributed by atoms with Gasteiger partial charge in [-0.3, -0.25) is 4.79 Å². The molecule has 0 saturated heterocycles. The Morgan fingerprint density at radius 1 is 0.962 bits per heavy atom. The minimum Gasteiger partial charge on any atom is -0.394 e. The lowest BCUT2D eigenvalue weighted by Crippen LogP contribution is -2.49. The minimum atomic E-state index is -1.55. The summed E-state index contributed by atoms with van der Waals surface area (Å²) < 4.78 is 0. The molecule has 8 nitrogen and oxygen atoms in total. The first-order valence-electron chi connectivity index (χ1n) is 9.49. The molecule has 0 aliphatic carbocycles. The van der Waals surface area contributed by atoms with Crippen LogP contribution in [0.15, 0.2) is 0 Å². The Kier molecular flexibility index (Phi) is 33.8. The first-order valence-corrected chi connectivity index (χ1v) is 9.49. The molecule has 4 unspecified atom stereocenters. The number of aliphatic hydroxyl groups is 5. The second-order valence-corrected chi connectivity index (χ2v) is 5.09. The van der Waals surface area contributed by atoms with Crippen molar-refractivity contribution in [3.8, 4) is 0 Å². The predicted molar refractivity (Wildman–Crippen MR) is 106 cm³/mol. The third kappa shape index (κ3) is 23.4. The Morgan fingerprint density at radius 3 is 1.73 bits per heavy atom. The lowest BCUT2D eigenvalue weighted by molar-refractivity contribution is -0.116. The zero-order chi connectivity index (χ0) is 21.5. The number of hydrogen-bond acceptors (Lipinski definition) is 8. The van der Waals surface area contributed by atoms with Gasteiger partial charge < -0.3 is 36.2 Å². The van der Waals surface area contributed by atoms with Gasteiger partial charge in [0.25, 0.3) is 0 Å². The van der Waals surface area contributed by atoms with Gasteiger partial charge in [0, 0.05) is 6.54 Å². The summed E-state index contributed by atoms with van der Waals surface area (Å²) in [6, 6.07) is 0. The summed E-state index contributed by atoms with van der Waals surface area (Å²) in [7, 11) is 1.75. The van der Waals surface area contributed by atoms with Crippen LogP contribution in [-0.4, -0.2) is 89.0 Å². The summed E-state index contributed by atoms with van der Waals surface area (Å²) >= 11 is 0. The van der Waals surface area contributed by atoms with Crippen molar-refractivity contribution in [3.63, 3.8) is 0 Å². The predicted octanol–water partition coefficient (Wildman–Crippen LogP) is -0.341. The molecule has 8 heteroatoms. The van der Waals surface area contributed by atoms with Gasteiger partial charge in [-0.1, -0.05) is 41.0 Å². The van der Waals surface area contributed by atoms with Crippen molar-refractivity contribution >= 4 is 5.78 Å². The van der Waals surface area contributed by atoms with E-state index in [0.717, 1.165) is 19.4 Å². The van der Waals surface area contributed by atoms with E-state index in [2.05, 4.69) is 10.6 Å². The molecular weight excluding hydrogens is 340 g/mol. The lowest BCUT2D eigenvalue weighted by Gasteiger charge is -2.25. The van der Waals surface area contributed by atoms with Crippen molar-refractivity contribution in [3.05, 3.63) is 0 Å². The van der Waals surface area contributed by atoms with E-state index >= 15 is 0 Å². The molecule has 0 aromatic rings. The smallest absolute Gasteiger partial charge is 0.143 e. The first-order chi connectivity index (χ1) is 12.3. The Hall–Kier alpha value is -0.610. The monoisotopic (exact) mass is 384 g/mol. The van der Waals surface area contributed by atoms with Crippen molar-refractivity contribution < 1.29 is 30.3 Å². The molecule has 4 atom stereocenters. The van der Waals surface area contributed by atoms with Crippen LogP contribution in [0.5, 0.6) is 0 Å². The molecule has 0 aromatic heterocycles. The third-order valence-electron chi connectivity index (χ3n) is 2.81. The Bertz CT molecular complexity index is 270. The minimum absolute atomic E-state index is 0.135. The lowest BCUT2D eigenvalue weighted by atomic mass is 10.0. The van der Waals surface area contributed by atoms with Gasteiger partial charge in [0.1, 0.15) is 24.1 Å². The summed E-state index contributed by atoms with van der Waals surface area (Å²) in [6.45, 7) is 12.3. The van der Waals surface area contributed by atoms with E-state index < -0.39 is 31.0 Å². The van der Waals surface area contributed by atoms with Crippen LogP contribution >= 0.6 is 0 Å². The van der Waals surface area contributed by atoms with Gasteiger partial charge in [-0.25, -0.2) is 0 Å². The van der Waals surface area contributed by atoms with E-state index in [4.69, 9.17) is 10.2 Å². The Balaban J connectivity index is -0.000000202. The number of nitrogens with one attached hydrogen (secondary N) is 2.